The molecule has 0 aromatic carbocycles. The van der Waals surface area contributed by atoms with Gasteiger partial charge in [0.1, 0.15) is 23.6 Å². The average molecular weight is 420 g/mol. The molecule has 0 aliphatic carbocycles. The van der Waals surface area contributed by atoms with E-state index < -0.39 is 0 Å². The monoisotopic (exact) mass is 420 g/mol. The van der Waals surface area contributed by atoms with Crippen LogP contribution >= 0.6 is 0 Å². The summed E-state index contributed by atoms with van der Waals surface area (Å²) in [6.45, 7) is 1.01. The minimum atomic E-state index is -0.377. The standard InChI is InChI=1S/C20H24N10O/c21-8-14(9-22)20(31)27-5-2-1-4-25-19-15(17(24)29-11-30-19)16(23)13-7-12-3-6-26-18(12)28-10-13/h3,6-11,21,23H,1-2,4-5,22H2,(H,26,28)(H,27,31)(H3,24,25,29,30). The molecule has 3 rings (SSSR count). The lowest BCUT2D eigenvalue weighted by Crippen LogP contribution is -2.27. The van der Waals surface area contributed by atoms with Crippen molar-refractivity contribution in [3.63, 3.8) is 0 Å². The Balaban J connectivity index is 1.60. The molecule has 3 heterocycles. The van der Waals surface area contributed by atoms with E-state index in [1.165, 1.54) is 6.33 Å². The van der Waals surface area contributed by atoms with Gasteiger partial charge in [-0.15, -0.1) is 0 Å². The van der Waals surface area contributed by atoms with Crippen molar-refractivity contribution in [3.8, 4) is 0 Å². The van der Waals surface area contributed by atoms with Crippen molar-refractivity contribution in [2.45, 2.75) is 12.8 Å². The first-order valence-corrected chi connectivity index (χ1v) is 9.62. The molecule has 0 unspecified atom stereocenters. The highest BCUT2D eigenvalue weighted by molar-refractivity contribution is 6.16. The van der Waals surface area contributed by atoms with E-state index in [1.807, 2.05) is 12.1 Å². The molecular weight excluding hydrogens is 396 g/mol. The van der Waals surface area contributed by atoms with Gasteiger partial charge in [-0.3, -0.25) is 10.2 Å². The van der Waals surface area contributed by atoms with E-state index >= 15 is 0 Å². The SMILES string of the molecule is N=CC(=CN)C(=O)NCCCCNc1ncnc(N)c1C(=N)c1cnc2[nH]ccc2c1. The van der Waals surface area contributed by atoms with E-state index in [1.54, 1.807) is 12.4 Å². The van der Waals surface area contributed by atoms with Crippen LogP contribution in [0.3, 0.4) is 0 Å². The molecule has 0 spiro atoms. The van der Waals surface area contributed by atoms with Gasteiger partial charge < -0.3 is 32.5 Å². The molecule has 3 aromatic rings. The molecule has 11 nitrogen and oxygen atoms in total. The van der Waals surface area contributed by atoms with Gasteiger partial charge in [0.05, 0.1) is 16.8 Å². The number of amides is 1. The van der Waals surface area contributed by atoms with Crippen molar-refractivity contribution < 1.29 is 4.79 Å². The number of H-pyrrole nitrogens is 1. The maximum atomic E-state index is 11.7. The number of hydrogen-bond donors (Lipinski definition) is 7. The summed E-state index contributed by atoms with van der Waals surface area (Å²) in [6, 6.07) is 3.74. The highest BCUT2D eigenvalue weighted by Gasteiger charge is 2.17. The predicted molar refractivity (Wildman–Crippen MR) is 120 cm³/mol. The van der Waals surface area contributed by atoms with Crippen molar-refractivity contribution in [3.05, 3.63) is 53.8 Å². The molecule has 160 valence electrons. The number of nitrogens with two attached hydrogens (primary N) is 2. The second-order valence-corrected chi connectivity index (χ2v) is 6.65. The number of pyridine rings is 1. The van der Waals surface area contributed by atoms with Gasteiger partial charge in [0.25, 0.3) is 5.91 Å². The lowest BCUT2D eigenvalue weighted by Gasteiger charge is -2.13. The van der Waals surface area contributed by atoms with Crippen molar-refractivity contribution in [2.24, 2.45) is 5.73 Å². The van der Waals surface area contributed by atoms with Crippen molar-refractivity contribution in [1.82, 2.24) is 25.3 Å². The Morgan fingerprint density at radius 1 is 1.23 bits per heavy atom. The van der Waals surface area contributed by atoms with E-state index in [0.29, 0.717) is 36.5 Å². The Hall–Kier alpha value is -4.28. The quantitative estimate of drug-likeness (QED) is 0.145. The zero-order valence-electron chi connectivity index (χ0n) is 16.8. The van der Waals surface area contributed by atoms with Gasteiger partial charge in [-0.2, -0.15) is 0 Å². The third kappa shape index (κ3) is 5.01. The van der Waals surface area contributed by atoms with E-state index in [0.717, 1.165) is 29.9 Å². The molecule has 31 heavy (non-hydrogen) atoms. The van der Waals surface area contributed by atoms with E-state index in [-0.39, 0.29) is 23.0 Å². The van der Waals surface area contributed by atoms with Crippen molar-refractivity contribution in [2.75, 3.05) is 24.1 Å². The van der Waals surface area contributed by atoms with Crippen LogP contribution < -0.4 is 22.1 Å². The number of fused-ring (bicyclic) bond motifs is 1. The number of anilines is 2. The molecule has 0 saturated carbocycles. The smallest absolute Gasteiger partial charge is 0.254 e. The lowest BCUT2D eigenvalue weighted by molar-refractivity contribution is -0.116. The van der Waals surface area contributed by atoms with Crippen LogP contribution in [0.5, 0.6) is 0 Å². The summed E-state index contributed by atoms with van der Waals surface area (Å²) in [5, 5.41) is 22.5. The molecule has 1 amide bonds. The Morgan fingerprint density at radius 2 is 2.03 bits per heavy atom. The first-order chi connectivity index (χ1) is 15.0. The second kappa shape index (κ2) is 9.96. The zero-order valence-corrected chi connectivity index (χ0v) is 16.8. The summed E-state index contributed by atoms with van der Waals surface area (Å²) in [6.07, 6.45) is 8.20. The van der Waals surface area contributed by atoms with Crippen LogP contribution in [-0.2, 0) is 4.79 Å². The molecule has 0 atom stereocenters. The summed E-state index contributed by atoms with van der Waals surface area (Å²) < 4.78 is 0. The predicted octanol–water partition coefficient (Wildman–Crippen LogP) is 1.15. The number of carbonyl (C=O) groups is 1. The van der Waals surface area contributed by atoms with Crippen LogP contribution in [0, 0.1) is 10.8 Å². The molecule has 0 saturated heterocycles. The number of nitrogen functional groups attached to an aromatic ring is 1. The van der Waals surface area contributed by atoms with Gasteiger partial charge in [-0.25, -0.2) is 15.0 Å². The normalized spacial score (nSPS) is 11.3. The Morgan fingerprint density at radius 3 is 2.81 bits per heavy atom. The van der Waals surface area contributed by atoms with Gasteiger partial charge in [0.2, 0.25) is 0 Å². The van der Waals surface area contributed by atoms with Crippen LogP contribution in [0.2, 0.25) is 0 Å². The van der Waals surface area contributed by atoms with Gasteiger partial charge >= 0.3 is 0 Å². The number of carbonyl (C=O) groups excluding carboxylic acids is 1. The van der Waals surface area contributed by atoms with E-state index in [9.17, 15) is 4.79 Å². The van der Waals surface area contributed by atoms with Gasteiger partial charge in [0, 0.05) is 48.8 Å². The van der Waals surface area contributed by atoms with Crippen LogP contribution in [-0.4, -0.2) is 50.9 Å². The maximum absolute atomic E-state index is 11.7. The molecule has 0 aliphatic heterocycles. The van der Waals surface area contributed by atoms with Gasteiger partial charge in [0.15, 0.2) is 0 Å². The Bertz CT molecular complexity index is 1130. The fraction of sp³-hybridized carbons (Fsp3) is 0.200. The summed E-state index contributed by atoms with van der Waals surface area (Å²) in [7, 11) is 0. The minimum Gasteiger partial charge on any atom is -0.404 e. The molecule has 3 aromatic heterocycles. The summed E-state index contributed by atoms with van der Waals surface area (Å²) in [4.78, 5) is 27.3. The fourth-order valence-electron chi connectivity index (χ4n) is 2.95. The van der Waals surface area contributed by atoms with Gasteiger partial charge in [-0.05, 0) is 25.0 Å². The number of aromatic amines is 1. The minimum absolute atomic E-state index is 0.116. The van der Waals surface area contributed by atoms with Crippen LogP contribution in [0.15, 0.2) is 42.6 Å². The Labute approximate surface area is 178 Å². The number of nitrogens with zero attached hydrogens (tertiary/aromatic N) is 3. The third-order valence-corrected chi connectivity index (χ3v) is 4.59. The first kappa shape index (κ1) is 21.4. The topological polar surface area (TPSA) is 195 Å². The molecule has 0 bridgehead atoms. The first-order valence-electron chi connectivity index (χ1n) is 9.62. The Kier molecular flexibility index (Phi) is 6.89. The van der Waals surface area contributed by atoms with Crippen LogP contribution in [0.4, 0.5) is 11.6 Å². The molecule has 0 aliphatic rings. The fourth-order valence-corrected chi connectivity index (χ4v) is 2.95. The summed E-state index contributed by atoms with van der Waals surface area (Å²) >= 11 is 0. The zero-order chi connectivity index (χ0) is 22.2. The number of aromatic nitrogens is 4. The summed E-state index contributed by atoms with van der Waals surface area (Å²) in [5.74, 6) is 0.294. The summed E-state index contributed by atoms with van der Waals surface area (Å²) in [5.41, 5.74) is 13.4. The third-order valence-electron chi connectivity index (χ3n) is 4.59. The lowest BCUT2D eigenvalue weighted by atomic mass is 10.0. The highest BCUT2D eigenvalue weighted by Crippen LogP contribution is 2.22. The molecule has 0 radical (unpaired) electrons. The molecular formula is C20H24N10O. The molecule has 0 fully saturated rings. The van der Waals surface area contributed by atoms with E-state index in [2.05, 4.69) is 30.6 Å². The average Bonchev–Trinajstić information content (AvgIpc) is 3.24. The second-order valence-electron chi connectivity index (χ2n) is 6.65. The highest BCUT2D eigenvalue weighted by atomic mass is 16.1. The number of nitrogens with one attached hydrogen (secondary N) is 5. The van der Waals surface area contributed by atoms with E-state index in [4.69, 9.17) is 22.3 Å². The van der Waals surface area contributed by atoms with Crippen molar-refractivity contribution in [1.29, 1.82) is 10.8 Å². The van der Waals surface area contributed by atoms with Crippen LogP contribution in [0.25, 0.3) is 11.0 Å². The number of hydrogen-bond acceptors (Lipinski definition) is 9. The van der Waals surface area contributed by atoms with Crippen molar-refractivity contribution >= 4 is 40.5 Å². The number of rotatable bonds is 10. The largest absolute Gasteiger partial charge is 0.404 e. The van der Waals surface area contributed by atoms with Crippen LogP contribution in [0.1, 0.15) is 24.0 Å². The molecule has 9 N–H and O–H groups in total. The maximum Gasteiger partial charge on any atom is 0.254 e. The number of unbranched alkanes of at least 4 members (excludes halogenated alkanes) is 1. The molecule has 11 heteroatoms. The van der Waals surface area contributed by atoms with Gasteiger partial charge in [-0.1, -0.05) is 0 Å².